The molecule has 0 rings (SSSR count). The zero-order valence-corrected chi connectivity index (χ0v) is 10.5. The number of rotatable bonds is 8. The third-order valence-electron chi connectivity index (χ3n) is 1.74. The summed E-state index contributed by atoms with van der Waals surface area (Å²) in [5, 5.41) is 4.00. The Labute approximate surface area is 94.7 Å². The average molecular weight is 223 g/mol. The molecule has 0 amide bonds. The molecule has 13 heavy (non-hydrogen) atoms. The minimum Gasteiger partial charge on any atom is -0.665 e. The zero-order valence-electron chi connectivity index (χ0n) is 9.12. The molecule has 0 aromatic rings. The summed E-state index contributed by atoms with van der Waals surface area (Å²) in [4.78, 5) is 0. The molecule has 0 heterocycles. The summed E-state index contributed by atoms with van der Waals surface area (Å²) >= 11 is 0. The van der Waals surface area contributed by atoms with Crippen molar-refractivity contribution in [2.24, 2.45) is 5.92 Å². The molecule has 0 spiro atoms. The van der Waals surface area contributed by atoms with Crippen LogP contribution in [-0.2, 0) is 23.3 Å². The second-order valence-corrected chi connectivity index (χ2v) is 3.54. The van der Waals surface area contributed by atoms with Crippen LogP contribution >= 0.6 is 0 Å². The molecule has 1 radical (unpaired) electrons. The number of hydrogen-bond donors (Lipinski definition) is 0. The third-order valence-corrected chi connectivity index (χ3v) is 1.74. The Morgan fingerprint density at radius 1 is 1.15 bits per heavy atom. The molecular weight excluding hydrogens is 201 g/mol. The minimum atomic E-state index is 0. The molecule has 0 aliphatic rings. The van der Waals surface area contributed by atoms with Crippen LogP contribution in [0.15, 0.2) is 0 Å². The maximum Gasteiger partial charge on any atom is 0.0466 e. The SMILES string of the molecule is C[N-]CCCOCCCC(C)C.[V]. The average Bonchev–Trinajstić information content (AvgIpc) is 2.02. The molecule has 0 N–H and O–H groups in total. The summed E-state index contributed by atoms with van der Waals surface area (Å²) < 4.78 is 5.43. The van der Waals surface area contributed by atoms with E-state index in [9.17, 15) is 0 Å². The van der Waals surface area contributed by atoms with E-state index in [0.29, 0.717) is 0 Å². The van der Waals surface area contributed by atoms with Crippen molar-refractivity contribution in [3.63, 3.8) is 0 Å². The first-order valence-electron chi connectivity index (χ1n) is 4.90. The van der Waals surface area contributed by atoms with Crippen LogP contribution in [0.3, 0.4) is 0 Å². The van der Waals surface area contributed by atoms with E-state index < -0.39 is 0 Å². The standard InChI is InChI=1S/C10H22NO.V/c1-10(2)6-4-8-12-9-5-7-11-3;/h10H,4-9H2,1-3H3;/q-1;. The number of ether oxygens (including phenoxy) is 1. The van der Waals surface area contributed by atoms with Gasteiger partial charge in [0.2, 0.25) is 0 Å². The molecule has 0 fully saturated rings. The van der Waals surface area contributed by atoms with E-state index in [-0.39, 0.29) is 18.6 Å². The molecule has 2 nitrogen and oxygen atoms in total. The Kier molecular flexibility index (Phi) is 15.3. The Balaban J connectivity index is 0. The second kappa shape index (κ2) is 12.5. The zero-order chi connectivity index (χ0) is 9.23. The Bertz CT molecular complexity index is 89.0. The number of nitrogens with zero attached hydrogens (tertiary/aromatic N) is 1. The van der Waals surface area contributed by atoms with Crippen molar-refractivity contribution < 1.29 is 23.3 Å². The molecule has 0 aromatic carbocycles. The summed E-state index contributed by atoms with van der Waals surface area (Å²) in [6.07, 6.45) is 3.54. The third kappa shape index (κ3) is 15.3. The van der Waals surface area contributed by atoms with Crippen LogP contribution in [0.4, 0.5) is 0 Å². The molecule has 0 aliphatic carbocycles. The molecule has 0 saturated heterocycles. The summed E-state index contributed by atoms with van der Waals surface area (Å²) in [6, 6.07) is 0. The minimum absolute atomic E-state index is 0. The van der Waals surface area contributed by atoms with Gasteiger partial charge in [-0.1, -0.05) is 13.8 Å². The summed E-state index contributed by atoms with van der Waals surface area (Å²) in [7, 11) is 1.85. The van der Waals surface area contributed by atoms with Crippen LogP contribution < -0.4 is 0 Å². The van der Waals surface area contributed by atoms with E-state index in [1.807, 2.05) is 7.05 Å². The summed E-state index contributed by atoms with van der Waals surface area (Å²) in [6.45, 7) is 7.22. The van der Waals surface area contributed by atoms with E-state index in [1.165, 1.54) is 12.8 Å². The van der Waals surface area contributed by atoms with E-state index in [2.05, 4.69) is 19.2 Å². The first-order chi connectivity index (χ1) is 5.77. The van der Waals surface area contributed by atoms with Gasteiger partial charge < -0.3 is 10.1 Å². The predicted molar refractivity (Wildman–Crippen MR) is 53.7 cm³/mol. The molecular formula is C10H22NOV-. The maximum absolute atomic E-state index is 5.43. The fourth-order valence-corrected chi connectivity index (χ4v) is 1.02. The van der Waals surface area contributed by atoms with Crippen LogP contribution in [0.25, 0.3) is 5.32 Å². The molecule has 0 unspecified atom stereocenters. The van der Waals surface area contributed by atoms with Gasteiger partial charge in [-0.15, -0.1) is 6.54 Å². The molecule has 0 bridgehead atoms. The summed E-state index contributed by atoms with van der Waals surface area (Å²) in [5.74, 6) is 0.805. The molecule has 0 aromatic heterocycles. The van der Waals surface area contributed by atoms with Gasteiger partial charge >= 0.3 is 0 Å². The van der Waals surface area contributed by atoms with Gasteiger partial charge in [0.15, 0.2) is 0 Å². The largest absolute Gasteiger partial charge is 0.665 e. The quantitative estimate of drug-likeness (QED) is 0.580. The van der Waals surface area contributed by atoms with Crippen molar-refractivity contribution in [3.05, 3.63) is 5.32 Å². The first kappa shape index (κ1) is 16.0. The molecule has 0 saturated carbocycles. The molecule has 3 heteroatoms. The molecule has 79 valence electrons. The normalized spacial score (nSPS) is 10.2. The first-order valence-corrected chi connectivity index (χ1v) is 4.90. The van der Waals surface area contributed by atoms with Crippen molar-refractivity contribution >= 4 is 0 Å². The van der Waals surface area contributed by atoms with E-state index in [1.54, 1.807) is 0 Å². The fraction of sp³-hybridized carbons (Fsp3) is 1.00. The van der Waals surface area contributed by atoms with Crippen molar-refractivity contribution in [2.45, 2.75) is 33.1 Å². The monoisotopic (exact) mass is 223 g/mol. The molecule has 0 atom stereocenters. The fourth-order valence-electron chi connectivity index (χ4n) is 1.02. The second-order valence-electron chi connectivity index (χ2n) is 3.54. The van der Waals surface area contributed by atoms with Gasteiger partial charge in [0.1, 0.15) is 0 Å². The smallest absolute Gasteiger partial charge is 0.0466 e. The van der Waals surface area contributed by atoms with E-state index in [0.717, 1.165) is 32.1 Å². The van der Waals surface area contributed by atoms with Crippen LogP contribution in [0, 0.1) is 5.92 Å². The van der Waals surface area contributed by atoms with Gasteiger partial charge in [-0.2, -0.15) is 7.05 Å². The van der Waals surface area contributed by atoms with Crippen LogP contribution in [-0.4, -0.2) is 26.8 Å². The number of hydrogen-bond acceptors (Lipinski definition) is 1. The Hall–Kier alpha value is 0.504. The Morgan fingerprint density at radius 2 is 1.77 bits per heavy atom. The van der Waals surface area contributed by atoms with Crippen molar-refractivity contribution in [1.82, 2.24) is 0 Å². The summed E-state index contributed by atoms with van der Waals surface area (Å²) in [5.41, 5.74) is 0. The Morgan fingerprint density at radius 3 is 2.31 bits per heavy atom. The van der Waals surface area contributed by atoms with Gasteiger partial charge in [-0.3, -0.25) is 0 Å². The molecule has 0 aliphatic heterocycles. The van der Waals surface area contributed by atoms with Crippen LogP contribution in [0.2, 0.25) is 0 Å². The topological polar surface area (TPSA) is 23.3 Å². The predicted octanol–water partition coefficient (Wildman–Crippen LogP) is 2.83. The van der Waals surface area contributed by atoms with Crippen molar-refractivity contribution in [2.75, 3.05) is 26.8 Å². The van der Waals surface area contributed by atoms with E-state index >= 15 is 0 Å². The van der Waals surface area contributed by atoms with Crippen molar-refractivity contribution in [1.29, 1.82) is 0 Å². The van der Waals surface area contributed by atoms with Gasteiger partial charge in [0.25, 0.3) is 0 Å². The maximum atomic E-state index is 5.43. The van der Waals surface area contributed by atoms with Gasteiger partial charge in [-0.05, 0) is 25.2 Å². The van der Waals surface area contributed by atoms with Gasteiger partial charge in [0.05, 0.1) is 0 Å². The van der Waals surface area contributed by atoms with Crippen molar-refractivity contribution in [3.8, 4) is 0 Å². The van der Waals surface area contributed by atoms with Crippen LogP contribution in [0.5, 0.6) is 0 Å². The van der Waals surface area contributed by atoms with E-state index in [4.69, 9.17) is 4.74 Å². The van der Waals surface area contributed by atoms with Gasteiger partial charge in [0, 0.05) is 31.8 Å². The van der Waals surface area contributed by atoms with Gasteiger partial charge in [-0.25, -0.2) is 0 Å². The van der Waals surface area contributed by atoms with Crippen LogP contribution in [0.1, 0.15) is 33.1 Å².